The van der Waals surface area contributed by atoms with E-state index >= 15 is 0 Å². The Morgan fingerprint density at radius 1 is 0.504 bits per heavy atom. The van der Waals surface area contributed by atoms with E-state index < -0.39 is 247 Å². The monoisotopic (exact) mass is 1930 g/mol. The molecule has 135 heavy (non-hydrogen) atoms. The molecule has 16 atom stereocenters. The van der Waals surface area contributed by atoms with Gasteiger partial charge in [0.05, 0.1) is 45.0 Å². The lowest BCUT2D eigenvalue weighted by atomic mass is 9.97. The van der Waals surface area contributed by atoms with Gasteiger partial charge in [0.2, 0.25) is 100 Å². The average molecular weight is 1930 g/mol. The van der Waals surface area contributed by atoms with Crippen LogP contribution in [0.15, 0.2) is 67.1 Å². The van der Waals surface area contributed by atoms with Crippen molar-refractivity contribution < 1.29 is 102 Å². The first-order valence-corrected chi connectivity index (χ1v) is 45.4. The number of nitrogens with two attached hydrogens (primary N) is 4. The van der Waals surface area contributed by atoms with Crippen LogP contribution in [0.3, 0.4) is 0 Å². The number of guanidine groups is 3. The number of aliphatic carboxylic acids is 1. The van der Waals surface area contributed by atoms with E-state index in [0.717, 1.165) is 17.7 Å². The topological polar surface area (TPSA) is 804 Å². The zero-order chi connectivity index (χ0) is 100.0. The number of hydrogen-bond donors (Lipinski definition) is 32. The van der Waals surface area contributed by atoms with Crippen LogP contribution in [0, 0.1) is 22.1 Å². The minimum absolute atomic E-state index is 0.0237. The number of amides is 17. The highest BCUT2D eigenvalue weighted by molar-refractivity contribution is 7.80. The Labute approximate surface area is 789 Å². The number of carbonyl (C=O) groups is 18. The molecule has 1 aromatic heterocycles. The molecule has 3 aromatic rings. The van der Waals surface area contributed by atoms with E-state index in [-0.39, 0.29) is 127 Å². The predicted octanol–water partition coefficient (Wildman–Crippen LogP) is -9.11. The fraction of sp³-hybridized carbons (Fsp3) is 0.566. The molecule has 52 heteroatoms. The molecule has 34 N–H and O–H groups in total. The number of carboxylic acids is 1. The lowest BCUT2D eigenvalue weighted by Gasteiger charge is -2.40. The van der Waals surface area contributed by atoms with Gasteiger partial charge in [-0.15, -0.1) is 0 Å². The summed E-state index contributed by atoms with van der Waals surface area (Å²) < 4.78 is 0. The predicted molar refractivity (Wildman–Crippen MR) is 495 cm³/mol. The van der Waals surface area contributed by atoms with E-state index in [1.165, 1.54) is 43.7 Å². The number of H-pyrrole nitrogens is 1. The second-order valence-electron chi connectivity index (χ2n) is 32.2. The van der Waals surface area contributed by atoms with Crippen LogP contribution in [0.5, 0.6) is 5.75 Å². The number of aromatic hydroxyl groups is 1. The number of unbranched alkanes of at least 4 members (excludes halogenated alkanes) is 2. The highest BCUT2D eigenvalue weighted by Crippen LogP contribution is 2.21. The molecule has 2 aromatic carbocycles. The van der Waals surface area contributed by atoms with Crippen LogP contribution in [0.2, 0.25) is 0 Å². The maximum Gasteiger partial charge on any atom is 0.305 e. The number of aromatic nitrogens is 2. The van der Waals surface area contributed by atoms with Gasteiger partial charge in [-0.1, -0.05) is 102 Å². The minimum atomic E-state index is -2.03. The Balaban J connectivity index is 1.29. The van der Waals surface area contributed by atoms with Crippen molar-refractivity contribution in [3.8, 4) is 5.75 Å². The van der Waals surface area contributed by atoms with Gasteiger partial charge in [0.1, 0.15) is 90.3 Å². The van der Waals surface area contributed by atoms with Gasteiger partial charge >= 0.3 is 5.97 Å². The number of carbonyl (C=O) groups excluding carboxylic acids is 17. The molecule has 50 nitrogen and oxygen atoms in total. The molecule has 0 bridgehead atoms. The molecule has 0 saturated carbocycles. The van der Waals surface area contributed by atoms with Crippen LogP contribution in [-0.2, 0) is 106 Å². The summed E-state index contributed by atoms with van der Waals surface area (Å²) in [7, 11) is 0. The summed E-state index contributed by atoms with van der Waals surface area (Å²) in [6.07, 6.45) is 3.22. The Bertz CT molecular complexity index is 4560. The number of nitrogens with one attached hydrogen (secondary N) is 23. The Morgan fingerprint density at radius 3 is 1.52 bits per heavy atom. The van der Waals surface area contributed by atoms with E-state index in [4.69, 9.17) is 39.2 Å². The maximum atomic E-state index is 14.7. The summed E-state index contributed by atoms with van der Waals surface area (Å²) in [5.41, 5.74) is 23.3. The molecule has 0 aliphatic carbocycles. The van der Waals surface area contributed by atoms with Crippen LogP contribution in [0.1, 0.15) is 134 Å². The van der Waals surface area contributed by atoms with Crippen molar-refractivity contribution in [1.82, 2.24) is 116 Å². The van der Waals surface area contributed by atoms with Crippen molar-refractivity contribution in [2.75, 3.05) is 63.9 Å². The molecule has 2 fully saturated rings. The summed E-state index contributed by atoms with van der Waals surface area (Å²) >= 11 is 8.55. The molecule has 0 unspecified atom stereocenters. The number of imidazole rings is 1. The van der Waals surface area contributed by atoms with Crippen molar-refractivity contribution >= 4 is 150 Å². The Morgan fingerprint density at radius 2 is 0.978 bits per heavy atom. The van der Waals surface area contributed by atoms with Crippen molar-refractivity contribution in [1.29, 1.82) is 16.2 Å². The number of aliphatic hydroxyl groups is 1. The average Bonchev–Trinajstić information content (AvgIpc) is 1.46. The second kappa shape index (κ2) is 58.4. The zero-order valence-corrected chi connectivity index (χ0v) is 77.3. The largest absolute Gasteiger partial charge is 0.508 e. The molecule has 3 heterocycles. The van der Waals surface area contributed by atoms with Gasteiger partial charge in [0, 0.05) is 68.8 Å². The van der Waals surface area contributed by atoms with Crippen LogP contribution >= 0.6 is 25.3 Å². The molecule has 0 spiro atoms. The second-order valence-corrected chi connectivity index (χ2v) is 33.0. The number of nitrogens with zero attached hydrogens (tertiary/aromatic N) is 2. The number of primary amides is 1. The molecular formula is C83H129N29O21S2. The summed E-state index contributed by atoms with van der Waals surface area (Å²) in [4.78, 5) is 258. The number of phenolic OH excluding ortho intramolecular Hbond substituents is 1. The van der Waals surface area contributed by atoms with E-state index in [2.05, 4.69) is 136 Å². The number of thiol groups is 2. The minimum Gasteiger partial charge on any atom is -0.508 e. The molecular weight excluding hydrogens is 1800 g/mol. The maximum absolute atomic E-state index is 14.7. The number of piperazine rings is 2. The van der Waals surface area contributed by atoms with Crippen LogP contribution in [0.25, 0.3) is 0 Å². The Kier molecular flexibility index (Phi) is 48.4. The third-order valence-electron chi connectivity index (χ3n) is 21.7. The van der Waals surface area contributed by atoms with Crippen LogP contribution in [-0.4, -0.2) is 309 Å². The van der Waals surface area contributed by atoms with E-state index in [1.807, 2.05) is 6.92 Å². The molecule has 5 rings (SSSR count). The smallest absolute Gasteiger partial charge is 0.305 e. The SMILES string of the molecule is CCCC[C@@H]1NC[C@H](C(=O)N[C@@H](CS)C(=O)N[C@@H](Cc2cnc[nH]2)C(=O)N[C@@H](Cc2ccccc2)C(=O)NCC(=O)NCC(=O)N[C@@H](CCCNC(=N)N)C(=O)N[C@H](CCCC)C(=O)N[C@@H](CC(=O)O)C(=O)N[C@@H](CCCNC(=N)N)C(=O)N[C@H](C(=O)N[C@@H](CO)C(=O)N[C@@H](CS)C(=O)N[C@@H](Cc2ccc(O)cc2)C(=O)N2C[C@H](C(N)=O)NC(=O)[C@@H]2CCCNC(=N)N)[C@@H](C)CC)NC1=O. The van der Waals surface area contributed by atoms with Crippen LogP contribution < -0.4 is 124 Å². The molecule has 2 saturated heterocycles. The lowest BCUT2D eigenvalue weighted by molar-refractivity contribution is -0.149. The van der Waals surface area contributed by atoms with E-state index in [0.29, 0.717) is 29.7 Å². The third-order valence-corrected chi connectivity index (χ3v) is 22.4. The highest BCUT2D eigenvalue weighted by Gasteiger charge is 2.44. The number of phenols is 1. The van der Waals surface area contributed by atoms with Gasteiger partial charge in [0.15, 0.2) is 17.9 Å². The zero-order valence-electron chi connectivity index (χ0n) is 75.5. The number of carboxylic acid groups (broad SMARTS) is 1. The summed E-state index contributed by atoms with van der Waals surface area (Å²) in [6, 6.07) is -8.07. The fourth-order valence-electron chi connectivity index (χ4n) is 14.0. The van der Waals surface area contributed by atoms with Gasteiger partial charge < -0.3 is 149 Å². The van der Waals surface area contributed by atoms with Gasteiger partial charge in [-0.25, -0.2) is 4.98 Å². The molecule has 0 radical (unpaired) electrons. The van der Waals surface area contributed by atoms with Crippen molar-refractivity contribution in [2.24, 2.45) is 28.9 Å². The van der Waals surface area contributed by atoms with Crippen molar-refractivity contribution in [2.45, 2.75) is 227 Å². The first-order chi connectivity index (χ1) is 64.2. The van der Waals surface area contributed by atoms with Gasteiger partial charge in [-0.05, 0) is 80.5 Å². The number of aromatic amines is 1. The van der Waals surface area contributed by atoms with Crippen molar-refractivity contribution in [3.05, 3.63) is 83.9 Å². The number of benzene rings is 2. The summed E-state index contributed by atoms with van der Waals surface area (Å²) in [5, 5.41) is 102. The number of aliphatic hydroxyl groups excluding tert-OH is 1. The third kappa shape index (κ3) is 39.2. The first kappa shape index (κ1) is 112. The van der Waals surface area contributed by atoms with Crippen LogP contribution in [0.4, 0.5) is 0 Å². The van der Waals surface area contributed by atoms with Gasteiger partial charge in [-0.3, -0.25) is 103 Å². The first-order valence-electron chi connectivity index (χ1n) is 44.1. The van der Waals surface area contributed by atoms with Gasteiger partial charge in [0.25, 0.3) is 0 Å². The van der Waals surface area contributed by atoms with Gasteiger partial charge in [-0.2, -0.15) is 25.3 Å². The van der Waals surface area contributed by atoms with Crippen molar-refractivity contribution in [3.63, 3.8) is 0 Å². The summed E-state index contributed by atoms with van der Waals surface area (Å²) in [6.45, 7) is 3.70. The number of hydrogen-bond acceptors (Lipinski definition) is 27. The quantitative estimate of drug-likeness (QED) is 0.0108. The Hall–Kier alpha value is -13.7. The van der Waals surface area contributed by atoms with E-state index in [1.54, 1.807) is 44.2 Å². The molecule has 2 aliphatic rings. The summed E-state index contributed by atoms with van der Waals surface area (Å²) in [5.74, 6) is -20.9. The molecule has 744 valence electrons. The highest BCUT2D eigenvalue weighted by atomic mass is 32.1. The normalized spacial score (nSPS) is 17.1. The fourth-order valence-corrected chi connectivity index (χ4v) is 14.5. The van der Waals surface area contributed by atoms with E-state index in [9.17, 15) is 102 Å². The lowest BCUT2D eigenvalue weighted by Crippen LogP contribution is -2.67. The standard InChI is InChI=1S/C83H129N29O21S2/c1-5-8-18-48-68(121)106-56(35-95-48)74(127)109-59(40-134)76(129)103-53(32-46-34-91-42-98-46)72(125)102-52(30-44-16-11-10-12-17-44)67(120)97-36-62(115)96-37-63(116)99-49(20-13-27-92-81(85)86)69(122)100-50(19-9-6-2)70(123)104-54(33-64(117)118)73(126)101-51(21-14-28-93-82(87)88)71(124)111-65(43(4)7-3)79(132)108-58(39-113)75(128)110-60(41-135)77(130)105-55(31-45-23-25-47(114)26-24-45)80(133)112-38-57(66(84)119)107-78(131)61(112)22-15-29-94-83(89)90/h10-12,16-17,23-26,34,42-43,48-61,65,95,113-114,134-135H,5-9,13-15,18-22,27-33,35-41H2,1-4H3,(H2,84,119)(H,91,98)(H,96,115)(H,97,120)(H,99,116)(H,100,122)(H,101,126)(H,102,125)(H,103,129)(H,104,123)(H,105,130)(H,106,121)(H,107,131)(H,108,132)(H,109,127)(H,110,128)(H,111,124)(H,117,118)(H4,85,86,92)(H4,87,88,93)(H4,89,90,94)/t43-,48-,49-,50+,51-,52-,53-,54-,55-,56+,57+,58-,59-,60-,61-,65-/m0/s1. The molecule has 2 aliphatic heterocycles. The molecule has 17 amide bonds. The number of rotatable bonds is 59.